The van der Waals surface area contributed by atoms with Crippen molar-refractivity contribution in [2.45, 2.75) is 0 Å². The van der Waals surface area contributed by atoms with Gasteiger partial charge in [-0.2, -0.15) is 0 Å². The summed E-state index contributed by atoms with van der Waals surface area (Å²) >= 11 is 6.66. The number of carbonyl (C=O) groups is 1. The minimum Gasteiger partial charge on any atom is -0.508 e. The summed E-state index contributed by atoms with van der Waals surface area (Å²) in [5.41, 5.74) is 1.17. The third-order valence-electron chi connectivity index (χ3n) is 2.30. The van der Waals surface area contributed by atoms with Crippen LogP contribution in [0.5, 0.6) is 5.75 Å². The van der Waals surface area contributed by atoms with Crippen LogP contribution in [-0.2, 0) is 0 Å². The molecule has 0 radical (unpaired) electrons. The lowest BCUT2D eigenvalue weighted by atomic mass is 10.2. The Kier molecular flexibility index (Phi) is 4.04. The zero-order valence-electron chi connectivity index (χ0n) is 9.15. The van der Waals surface area contributed by atoms with E-state index < -0.39 is 0 Å². The number of halogens is 2. The molecule has 0 spiro atoms. The van der Waals surface area contributed by atoms with Crippen molar-refractivity contribution in [2.24, 2.45) is 0 Å². The third-order valence-corrected chi connectivity index (χ3v) is 3.48. The second kappa shape index (κ2) is 5.54. The lowest BCUT2D eigenvalue weighted by Crippen LogP contribution is -2.12. The molecule has 0 aliphatic rings. The Morgan fingerprint density at radius 1 is 1.06 bits per heavy atom. The topological polar surface area (TPSA) is 49.3 Å². The van der Waals surface area contributed by atoms with Crippen molar-refractivity contribution < 1.29 is 9.90 Å². The fourth-order valence-corrected chi connectivity index (χ4v) is 2.20. The highest BCUT2D eigenvalue weighted by Crippen LogP contribution is 2.23. The molecule has 2 rings (SSSR count). The number of rotatable bonds is 2. The van der Waals surface area contributed by atoms with Crippen molar-refractivity contribution in [3.05, 3.63) is 57.0 Å². The molecule has 0 aliphatic heterocycles. The Morgan fingerprint density at radius 2 is 1.72 bits per heavy atom. The van der Waals surface area contributed by atoms with Crippen molar-refractivity contribution in [2.75, 3.05) is 5.32 Å². The van der Waals surface area contributed by atoms with E-state index in [-0.39, 0.29) is 11.7 Å². The van der Waals surface area contributed by atoms with E-state index in [4.69, 9.17) is 5.11 Å². The van der Waals surface area contributed by atoms with E-state index in [1.807, 2.05) is 6.07 Å². The molecule has 0 fully saturated rings. The normalized spacial score (nSPS) is 10.1. The van der Waals surface area contributed by atoms with Crippen LogP contribution in [0.1, 0.15) is 10.4 Å². The van der Waals surface area contributed by atoms with Gasteiger partial charge in [0.1, 0.15) is 5.75 Å². The Morgan fingerprint density at radius 3 is 2.39 bits per heavy atom. The van der Waals surface area contributed by atoms with Crippen LogP contribution in [0.3, 0.4) is 0 Å². The van der Waals surface area contributed by atoms with Crippen LogP contribution >= 0.6 is 31.9 Å². The minimum absolute atomic E-state index is 0.164. The number of benzene rings is 2. The maximum absolute atomic E-state index is 12.0. The fraction of sp³-hybridized carbons (Fsp3) is 0. The standard InChI is InChI=1S/C13H9Br2NO2/c14-8-1-6-12(15)11(7-8)13(18)16-9-2-4-10(17)5-3-9/h1-7,17H,(H,16,18). The molecule has 18 heavy (non-hydrogen) atoms. The van der Waals surface area contributed by atoms with Gasteiger partial charge in [0.25, 0.3) is 5.91 Å². The maximum Gasteiger partial charge on any atom is 0.256 e. The second-order valence-electron chi connectivity index (χ2n) is 3.63. The van der Waals surface area contributed by atoms with E-state index in [0.29, 0.717) is 11.3 Å². The van der Waals surface area contributed by atoms with Gasteiger partial charge in [0.15, 0.2) is 0 Å². The summed E-state index contributed by atoms with van der Waals surface area (Å²) < 4.78 is 1.56. The molecule has 0 saturated carbocycles. The molecule has 92 valence electrons. The summed E-state index contributed by atoms with van der Waals surface area (Å²) in [7, 11) is 0. The van der Waals surface area contributed by atoms with Gasteiger partial charge >= 0.3 is 0 Å². The molecular weight excluding hydrogens is 362 g/mol. The molecular formula is C13H9Br2NO2. The number of phenols is 1. The molecule has 0 saturated heterocycles. The number of amides is 1. The number of anilines is 1. The molecule has 0 aromatic heterocycles. The summed E-state index contributed by atoms with van der Waals surface area (Å²) in [4.78, 5) is 12.0. The van der Waals surface area contributed by atoms with Gasteiger partial charge in [-0.05, 0) is 58.4 Å². The van der Waals surface area contributed by atoms with E-state index >= 15 is 0 Å². The summed E-state index contributed by atoms with van der Waals surface area (Å²) in [6.07, 6.45) is 0. The summed E-state index contributed by atoms with van der Waals surface area (Å²) in [5, 5.41) is 11.9. The highest BCUT2D eigenvalue weighted by Gasteiger charge is 2.10. The molecule has 0 atom stereocenters. The van der Waals surface area contributed by atoms with Gasteiger partial charge in [0, 0.05) is 14.6 Å². The molecule has 0 unspecified atom stereocenters. The van der Waals surface area contributed by atoms with Crippen LogP contribution in [0.25, 0.3) is 0 Å². The van der Waals surface area contributed by atoms with Crippen LogP contribution in [0.15, 0.2) is 51.4 Å². The average Bonchev–Trinajstić information content (AvgIpc) is 2.35. The van der Waals surface area contributed by atoms with Crippen LogP contribution in [-0.4, -0.2) is 11.0 Å². The molecule has 0 bridgehead atoms. The van der Waals surface area contributed by atoms with Gasteiger partial charge in [0.05, 0.1) is 5.56 Å². The van der Waals surface area contributed by atoms with E-state index in [1.165, 1.54) is 12.1 Å². The number of aromatic hydroxyl groups is 1. The van der Waals surface area contributed by atoms with Crippen LogP contribution < -0.4 is 5.32 Å². The second-order valence-corrected chi connectivity index (χ2v) is 5.40. The first-order chi connectivity index (χ1) is 8.56. The average molecular weight is 371 g/mol. The monoisotopic (exact) mass is 369 g/mol. The molecule has 3 nitrogen and oxygen atoms in total. The SMILES string of the molecule is O=C(Nc1ccc(O)cc1)c1cc(Br)ccc1Br. The molecule has 0 aliphatic carbocycles. The van der Waals surface area contributed by atoms with Crippen LogP contribution in [0.4, 0.5) is 5.69 Å². The molecule has 2 N–H and O–H groups in total. The number of nitrogens with one attached hydrogen (secondary N) is 1. The first-order valence-corrected chi connectivity index (χ1v) is 6.70. The quantitative estimate of drug-likeness (QED) is 0.779. The highest BCUT2D eigenvalue weighted by atomic mass is 79.9. The Bertz CT molecular complexity index is 582. The van der Waals surface area contributed by atoms with E-state index in [9.17, 15) is 4.79 Å². The molecule has 0 heterocycles. The lowest BCUT2D eigenvalue weighted by Gasteiger charge is -2.07. The Balaban J connectivity index is 2.21. The van der Waals surface area contributed by atoms with Gasteiger partial charge in [-0.3, -0.25) is 4.79 Å². The lowest BCUT2D eigenvalue weighted by molar-refractivity contribution is 0.102. The van der Waals surface area contributed by atoms with E-state index in [2.05, 4.69) is 37.2 Å². The van der Waals surface area contributed by atoms with Gasteiger partial charge in [0.2, 0.25) is 0 Å². The predicted molar refractivity (Wildman–Crippen MR) is 77.9 cm³/mol. The Labute approximate surface area is 121 Å². The van der Waals surface area contributed by atoms with Crippen molar-refractivity contribution >= 4 is 43.5 Å². The third kappa shape index (κ3) is 3.11. The highest BCUT2D eigenvalue weighted by molar-refractivity contribution is 9.11. The number of hydrogen-bond donors (Lipinski definition) is 2. The number of phenolic OH excluding ortho intramolecular Hbond substituents is 1. The van der Waals surface area contributed by atoms with Crippen LogP contribution in [0.2, 0.25) is 0 Å². The van der Waals surface area contributed by atoms with Crippen LogP contribution in [0, 0.1) is 0 Å². The van der Waals surface area contributed by atoms with Crippen molar-refractivity contribution in [1.29, 1.82) is 0 Å². The fourth-order valence-electron chi connectivity index (χ4n) is 1.41. The molecule has 2 aromatic rings. The molecule has 5 heteroatoms. The minimum atomic E-state index is -0.214. The molecule has 1 amide bonds. The predicted octanol–water partition coefficient (Wildman–Crippen LogP) is 4.17. The largest absolute Gasteiger partial charge is 0.508 e. The van der Waals surface area contributed by atoms with Crippen molar-refractivity contribution in [1.82, 2.24) is 0 Å². The number of carbonyl (C=O) groups excluding carboxylic acids is 1. The summed E-state index contributed by atoms with van der Waals surface area (Å²) in [6.45, 7) is 0. The van der Waals surface area contributed by atoms with E-state index in [1.54, 1.807) is 24.3 Å². The smallest absolute Gasteiger partial charge is 0.256 e. The van der Waals surface area contributed by atoms with Crippen molar-refractivity contribution in [3.63, 3.8) is 0 Å². The Hall–Kier alpha value is -1.33. The summed E-state index contributed by atoms with van der Waals surface area (Å²) in [6, 6.07) is 11.7. The zero-order valence-corrected chi connectivity index (χ0v) is 12.3. The van der Waals surface area contributed by atoms with Crippen molar-refractivity contribution in [3.8, 4) is 5.75 Å². The zero-order chi connectivity index (χ0) is 13.1. The van der Waals surface area contributed by atoms with Gasteiger partial charge < -0.3 is 10.4 Å². The van der Waals surface area contributed by atoms with Gasteiger partial charge in [-0.1, -0.05) is 15.9 Å². The molecule has 2 aromatic carbocycles. The first kappa shape index (κ1) is 13.1. The van der Waals surface area contributed by atoms with E-state index in [0.717, 1.165) is 8.95 Å². The first-order valence-electron chi connectivity index (χ1n) is 5.12. The maximum atomic E-state index is 12.0. The van der Waals surface area contributed by atoms with Gasteiger partial charge in [-0.25, -0.2) is 0 Å². The number of hydrogen-bond acceptors (Lipinski definition) is 2. The summed E-state index contributed by atoms with van der Waals surface area (Å²) in [5.74, 6) is -0.0505. The van der Waals surface area contributed by atoms with Gasteiger partial charge in [-0.15, -0.1) is 0 Å².